The number of halogens is 1. The van der Waals surface area contributed by atoms with E-state index in [0.29, 0.717) is 10.6 Å². The minimum absolute atomic E-state index is 0.147. The summed E-state index contributed by atoms with van der Waals surface area (Å²) < 4.78 is 0.920. The summed E-state index contributed by atoms with van der Waals surface area (Å²) >= 11 is 2.09. The van der Waals surface area contributed by atoms with Crippen molar-refractivity contribution in [1.29, 1.82) is 0 Å². The first kappa shape index (κ1) is 12.8. The van der Waals surface area contributed by atoms with E-state index >= 15 is 0 Å². The van der Waals surface area contributed by atoms with Crippen LogP contribution in [-0.2, 0) is 9.59 Å². The number of amides is 3. The molecule has 1 aromatic rings. The lowest BCUT2D eigenvalue weighted by Gasteiger charge is -2.17. The van der Waals surface area contributed by atoms with Crippen molar-refractivity contribution in [3.8, 4) is 0 Å². The van der Waals surface area contributed by atoms with Crippen LogP contribution in [0, 0.1) is 3.57 Å². The van der Waals surface area contributed by atoms with Gasteiger partial charge in [0.1, 0.15) is 6.54 Å². The maximum Gasteiger partial charge on any atom is 0.332 e. The first-order chi connectivity index (χ1) is 8.49. The normalized spacial score (nSPS) is 15.4. The van der Waals surface area contributed by atoms with Crippen molar-refractivity contribution in [1.82, 2.24) is 4.90 Å². The van der Waals surface area contributed by atoms with Crippen LogP contribution in [0.4, 0.5) is 10.5 Å². The standard InChI is InChI=1S/C11H9IN2O4/c12-7-2-1-3-8(4-7)13-5-9(15)14(11(13)18)6-10(16)17/h1-4H,5-6H2,(H,16,17)/p-1. The van der Waals surface area contributed by atoms with Crippen LogP contribution in [0.15, 0.2) is 24.3 Å². The van der Waals surface area contributed by atoms with Crippen molar-refractivity contribution in [2.45, 2.75) is 0 Å². The van der Waals surface area contributed by atoms with Crippen molar-refractivity contribution >= 4 is 46.2 Å². The number of hydrogen-bond acceptors (Lipinski definition) is 4. The average Bonchev–Trinajstić information content (AvgIpc) is 2.56. The van der Waals surface area contributed by atoms with Gasteiger partial charge in [0.25, 0.3) is 5.91 Å². The molecule has 0 saturated carbocycles. The zero-order chi connectivity index (χ0) is 13.3. The zero-order valence-corrected chi connectivity index (χ0v) is 11.3. The van der Waals surface area contributed by atoms with E-state index in [2.05, 4.69) is 22.6 Å². The smallest absolute Gasteiger partial charge is 0.332 e. The Balaban J connectivity index is 2.25. The lowest BCUT2D eigenvalue weighted by Crippen LogP contribution is -2.42. The second kappa shape index (κ2) is 4.92. The highest BCUT2D eigenvalue weighted by molar-refractivity contribution is 14.1. The van der Waals surface area contributed by atoms with Gasteiger partial charge in [-0.1, -0.05) is 6.07 Å². The van der Waals surface area contributed by atoms with E-state index in [1.54, 1.807) is 18.2 Å². The van der Waals surface area contributed by atoms with Gasteiger partial charge in [-0.2, -0.15) is 0 Å². The van der Waals surface area contributed by atoms with E-state index in [-0.39, 0.29) is 6.54 Å². The molecule has 0 spiro atoms. The molecule has 0 radical (unpaired) electrons. The Morgan fingerprint density at radius 2 is 2.11 bits per heavy atom. The molecule has 0 unspecified atom stereocenters. The van der Waals surface area contributed by atoms with Gasteiger partial charge in [-0.3, -0.25) is 14.6 Å². The van der Waals surface area contributed by atoms with Crippen molar-refractivity contribution in [2.75, 3.05) is 18.0 Å². The molecule has 94 valence electrons. The molecule has 1 fully saturated rings. The molecule has 1 aliphatic heterocycles. The fourth-order valence-electron chi connectivity index (χ4n) is 1.67. The number of rotatable bonds is 3. The predicted molar refractivity (Wildman–Crippen MR) is 68.6 cm³/mol. The quantitative estimate of drug-likeness (QED) is 0.554. The third-order valence-corrected chi connectivity index (χ3v) is 3.13. The maximum absolute atomic E-state index is 11.9. The molecule has 18 heavy (non-hydrogen) atoms. The number of imide groups is 1. The van der Waals surface area contributed by atoms with Crippen LogP contribution in [0.5, 0.6) is 0 Å². The van der Waals surface area contributed by atoms with E-state index in [4.69, 9.17) is 0 Å². The highest BCUT2D eigenvalue weighted by Gasteiger charge is 2.36. The van der Waals surface area contributed by atoms with Gasteiger partial charge in [-0.15, -0.1) is 0 Å². The number of carboxylic acids is 1. The van der Waals surface area contributed by atoms with Gasteiger partial charge in [0.15, 0.2) is 0 Å². The highest BCUT2D eigenvalue weighted by atomic mass is 127. The van der Waals surface area contributed by atoms with Gasteiger partial charge in [-0.05, 0) is 40.8 Å². The molecular weight excluding hydrogens is 351 g/mol. The Morgan fingerprint density at radius 1 is 1.39 bits per heavy atom. The summed E-state index contributed by atoms with van der Waals surface area (Å²) in [5.41, 5.74) is 0.570. The molecule has 0 aromatic heterocycles. The minimum atomic E-state index is -1.46. The van der Waals surface area contributed by atoms with Gasteiger partial charge in [0, 0.05) is 9.26 Å². The number of carbonyl (C=O) groups excluding carboxylic acids is 3. The summed E-state index contributed by atoms with van der Waals surface area (Å²) in [6, 6.07) is 6.41. The second-order valence-electron chi connectivity index (χ2n) is 3.70. The predicted octanol–water partition coefficient (Wildman–Crippen LogP) is -0.190. The summed E-state index contributed by atoms with van der Waals surface area (Å²) in [7, 11) is 0. The van der Waals surface area contributed by atoms with Crippen LogP contribution in [0.25, 0.3) is 0 Å². The van der Waals surface area contributed by atoms with Gasteiger partial charge < -0.3 is 9.90 Å². The average molecular weight is 359 g/mol. The fourth-order valence-corrected chi connectivity index (χ4v) is 2.20. The molecule has 0 atom stereocenters. The van der Waals surface area contributed by atoms with Gasteiger partial charge in [0.2, 0.25) is 0 Å². The van der Waals surface area contributed by atoms with Gasteiger partial charge in [-0.25, -0.2) is 4.79 Å². The molecule has 6 nitrogen and oxygen atoms in total. The molecule has 0 aliphatic carbocycles. The lowest BCUT2D eigenvalue weighted by atomic mass is 10.3. The summed E-state index contributed by atoms with van der Waals surface area (Å²) in [5, 5.41) is 10.5. The number of carbonyl (C=O) groups is 3. The Kier molecular flexibility index (Phi) is 3.50. The third-order valence-electron chi connectivity index (χ3n) is 2.46. The number of benzene rings is 1. The van der Waals surface area contributed by atoms with Gasteiger partial charge in [0.05, 0.1) is 12.5 Å². The molecule has 7 heteroatoms. The summed E-state index contributed by atoms with van der Waals surface area (Å²) in [6.07, 6.45) is 0. The molecule has 1 aliphatic rings. The monoisotopic (exact) mass is 359 g/mol. The van der Waals surface area contributed by atoms with Crippen molar-refractivity contribution < 1.29 is 19.5 Å². The van der Waals surface area contributed by atoms with Crippen LogP contribution >= 0.6 is 22.6 Å². The molecule has 0 N–H and O–H groups in total. The molecule has 3 amide bonds. The van der Waals surface area contributed by atoms with E-state index < -0.39 is 24.5 Å². The molecule has 1 aromatic carbocycles. The molecular formula is C11H8IN2O4-. The first-order valence-electron chi connectivity index (χ1n) is 5.06. The molecule has 1 saturated heterocycles. The lowest BCUT2D eigenvalue weighted by molar-refractivity contribution is -0.305. The number of nitrogens with zero attached hydrogens (tertiary/aromatic N) is 2. The Labute approximate surface area is 116 Å². The molecule has 0 bridgehead atoms. The summed E-state index contributed by atoms with van der Waals surface area (Å²) in [5.74, 6) is -2.00. The number of anilines is 1. The summed E-state index contributed by atoms with van der Waals surface area (Å²) in [6.45, 7) is -0.857. The largest absolute Gasteiger partial charge is 0.548 e. The number of carboxylic acid groups (broad SMARTS) is 1. The van der Waals surface area contributed by atoms with Crippen molar-refractivity contribution in [2.24, 2.45) is 0 Å². The fraction of sp³-hybridized carbons (Fsp3) is 0.182. The second-order valence-corrected chi connectivity index (χ2v) is 4.95. The maximum atomic E-state index is 11.9. The Morgan fingerprint density at radius 3 is 2.72 bits per heavy atom. The third kappa shape index (κ3) is 2.45. The van der Waals surface area contributed by atoms with Crippen molar-refractivity contribution in [3.05, 3.63) is 27.8 Å². The van der Waals surface area contributed by atoms with Crippen molar-refractivity contribution in [3.63, 3.8) is 0 Å². The SMILES string of the molecule is O=C([O-])CN1C(=O)CN(c2cccc(I)c2)C1=O. The Bertz CT molecular complexity index is 532. The topological polar surface area (TPSA) is 80.8 Å². The number of hydrogen-bond donors (Lipinski definition) is 0. The highest BCUT2D eigenvalue weighted by Crippen LogP contribution is 2.22. The minimum Gasteiger partial charge on any atom is -0.548 e. The van der Waals surface area contributed by atoms with E-state index in [1.807, 2.05) is 6.07 Å². The van der Waals surface area contributed by atoms with E-state index in [0.717, 1.165) is 3.57 Å². The van der Waals surface area contributed by atoms with Crippen LogP contribution in [0.1, 0.15) is 0 Å². The first-order valence-corrected chi connectivity index (χ1v) is 6.14. The van der Waals surface area contributed by atoms with Crippen LogP contribution in [0.3, 0.4) is 0 Å². The van der Waals surface area contributed by atoms with Gasteiger partial charge >= 0.3 is 6.03 Å². The van der Waals surface area contributed by atoms with Crippen LogP contribution in [0.2, 0.25) is 0 Å². The van der Waals surface area contributed by atoms with E-state index in [9.17, 15) is 19.5 Å². The number of urea groups is 1. The van der Waals surface area contributed by atoms with Crippen LogP contribution < -0.4 is 10.0 Å². The van der Waals surface area contributed by atoms with Crippen LogP contribution in [-0.4, -0.2) is 35.9 Å². The summed E-state index contributed by atoms with van der Waals surface area (Å²) in [4.78, 5) is 35.8. The molecule has 2 rings (SSSR count). The Hall–Kier alpha value is -1.64. The number of aliphatic carboxylic acids is 1. The zero-order valence-electron chi connectivity index (χ0n) is 9.13. The molecule has 1 heterocycles. The van der Waals surface area contributed by atoms with E-state index in [1.165, 1.54) is 4.90 Å².